The van der Waals surface area contributed by atoms with E-state index in [4.69, 9.17) is 9.47 Å². The molecule has 2 rings (SSSR count). The van der Waals surface area contributed by atoms with Crippen LogP contribution in [-0.2, 0) is 14.3 Å². The van der Waals surface area contributed by atoms with Crippen molar-refractivity contribution in [1.82, 2.24) is 4.90 Å². The number of ether oxygens (including phenoxy) is 2. The fourth-order valence-electron chi connectivity index (χ4n) is 2.11. The van der Waals surface area contributed by atoms with Gasteiger partial charge < -0.3 is 14.4 Å². The molecule has 3 atom stereocenters. The Morgan fingerprint density at radius 2 is 2.29 bits per heavy atom. The van der Waals surface area contributed by atoms with Gasteiger partial charge in [0.25, 0.3) is 0 Å². The molecule has 0 N–H and O–H groups in total. The summed E-state index contributed by atoms with van der Waals surface area (Å²) in [6.07, 6.45) is 0.690. The van der Waals surface area contributed by atoms with Crippen LogP contribution in [0.15, 0.2) is 0 Å². The molecule has 3 unspecified atom stereocenters. The van der Waals surface area contributed by atoms with Gasteiger partial charge in [-0.25, -0.2) is 0 Å². The predicted octanol–water partition coefficient (Wildman–Crippen LogP) is 0.615. The molecule has 2 fully saturated rings. The molecule has 1 amide bonds. The second-order valence-corrected chi connectivity index (χ2v) is 4.31. The quantitative estimate of drug-likeness (QED) is 0.625. The zero-order chi connectivity index (χ0) is 10.3. The van der Waals surface area contributed by atoms with Crippen LogP contribution in [-0.4, -0.2) is 42.9 Å². The Morgan fingerprint density at radius 3 is 2.71 bits per heavy atom. The number of methoxy groups -OCH3 is 1. The number of rotatable bonds is 3. The Hall–Kier alpha value is -0.610. The van der Waals surface area contributed by atoms with Gasteiger partial charge >= 0.3 is 0 Å². The minimum absolute atomic E-state index is 0.0695. The van der Waals surface area contributed by atoms with E-state index < -0.39 is 0 Å². The number of hydrogen-bond acceptors (Lipinski definition) is 3. The zero-order valence-corrected chi connectivity index (χ0v) is 8.90. The number of likely N-dealkylation sites (tertiary alicyclic amines) is 1. The van der Waals surface area contributed by atoms with E-state index in [9.17, 15) is 4.79 Å². The van der Waals surface area contributed by atoms with Crippen molar-refractivity contribution >= 4 is 5.91 Å². The van der Waals surface area contributed by atoms with Gasteiger partial charge in [-0.1, -0.05) is 0 Å². The average Bonchev–Trinajstić information content (AvgIpc) is 2.82. The second-order valence-electron chi connectivity index (χ2n) is 4.31. The van der Waals surface area contributed by atoms with Crippen molar-refractivity contribution in [3.63, 3.8) is 0 Å². The van der Waals surface area contributed by atoms with Gasteiger partial charge in [0.1, 0.15) is 6.10 Å². The highest BCUT2D eigenvalue weighted by atomic mass is 16.8. The lowest BCUT2D eigenvalue weighted by molar-refractivity contribution is -0.129. The Morgan fingerprint density at radius 1 is 1.57 bits per heavy atom. The molecule has 80 valence electrons. The van der Waals surface area contributed by atoms with Crippen LogP contribution in [0.3, 0.4) is 0 Å². The number of epoxide rings is 1. The smallest absolute Gasteiger partial charge is 0.223 e. The van der Waals surface area contributed by atoms with Gasteiger partial charge in [-0.3, -0.25) is 4.79 Å². The molecule has 0 spiro atoms. The maximum absolute atomic E-state index is 11.6. The third-order valence-corrected chi connectivity index (χ3v) is 2.99. The normalized spacial score (nSPS) is 37.0. The van der Waals surface area contributed by atoms with E-state index in [1.807, 2.05) is 18.7 Å². The monoisotopic (exact) mass is 199 g/mol. The fraction of sp³-hybridized carbons (Fsp3) is 0.900. The Kier molecular flexibility index (Phi) is 2.49. The van der Waals surface area contributed by atoms with Crippen molar-refractivity contribution in [3.05, 3.63) is 0 Å². The molecule has 14 heavy (non-hydrogen) atoms. The average molecular weight is 199 g/mol. The second kappa shape index (κ2) is 3.51. The molecular formula is C10H17NO3. The minimum atomic E-state index is -0.0695. The largest absolute Gasteiger partial charge is 0.353 e. The molecular weight excluding hydrogens is 182 g/mol. The van der Waals surface area contributed by atoms with Crippen molar-refractivity contribution < 1.29 is 14.3 Å². The summed E-state index contributed by atoms with van der Waals surface area (Å²) in [5.41, 5.74) is 0. The topological polar surface area (TPSA) is 42.1 Å². The number of carbonyl (C=O) groups excluding carboxylic acids is 1. The molecule has 0 radical (unpaired) electrons. The minimum Gasteiger partial charge on any atom is -0.353 e. The SMILES string of the molecule is COC1OC1C1CC(=O)N(C(C)C)C1. The first-order chi connectivity index (χ1) is 6.63. The lowest BCUT2D eigenvalue weighted by Crippen LogP contribution is -2.32. The molecule has 2 heterocycles. The third kappa shape index (κ3) is 1.64. The Bertz CT molecular complexity index is 242. The van der Waals surface area contributed by atoms with Crippen LogP contribution < -0.4 is 0 Å². The third-order valence-electron chi connectivity index (χ3n) is 2.99. The van der Waals surface area contributed by atoms with E-state index in [1.54, 1.807) is 7.11 Å². The molecule has 0 aromatic rings. The van der Waals surface area contributed by atoms with Crippen LogP contribution in [0.25, 0.3) is 0 Å². The molecule has 4 heteroatoms. The van der Waals surface area contributed by atoms with Gasteiger partial charge in [-0.2, -0.15) is 0 Å². The standard InChI is InChI=1S/C10H17NO3/c1-6(2)11-5-7(4-8(11)12)9-10(13-3)14-9/h6-7,9-10H,4-5H2,1-3H3. The first kappa shape index (κ1) is 9.93. The molecule has 0 saturated carbocycles. The van der Waals surface area contributed by atoms with Gasteiger partial charge in [0.2, 0.25) is 5.91 Å². The molecule has 2 saturated heterocycles. The van der Waals surface area contributed by atoms with Gasteiger partial charge in [0.05, 0.1) is 0 Å². The van der Waals surface area contributed by atoms with E-state index >= 15 is 0 Å². The highest BCUT2D eigenvalue weighted by molar-refractivity contribution is 5.79. The number of hydrogen-bond donors (Lipinski definition) is 0. The summed E-state index contributed by atoms with van der Waals surface area (Å²) in [5, 5.41) is 0. The van der Waals surface area contributed by atoms with Crippen molar-refractivity contribution in [1.29, 1.82) is 0 Å². The summed E-state index contributed by atoms with van der Waals surface area (Å²) >= 11 is 0. The molecule has 0 aromatic carbocycles. The Labute approximate surface area is 84.2 Å². The first-order valence-corrected chi connectivity index (χ1v) is 5.11. The summed E-state index contributed by atoms with van der Waals surface area (Å²) in [6, 6.07) is 0.298. The van der Waals surface area contributed by atoms with E-state index in [0.29, 0.717) is 18.4 Å². The van der Waals surface area contributed by atoms with E-state index in [0.717, 1.165) is 6.54 Å². The predicted molar refractivity (Wildman–Crippen MR) is 50.6 cm³/mol. The number of nitrogens with zero attached hydrogens (tertiary/aromatic N) is 1. The molecule has 0 aromatic heterocycles. The highest BCUT2D eigenvalue weighted by Gasteiger charge is 2.49. The van der Waals surface area contributed by atoms with Crippen LogP contribution in [0.4, 0.5) is 0 Å². The van der Waals surface area contributed by atoms with Gasteiger partial charge in [-0.05, 0) is 13.8 Å². The van der Waals surface area contributed by atoms with Crippen molar-refractivity contribution in [2.75, 3.05) is 13.7 Å². The number of amides is 1. The summed E-state index contributed by atoms with van der Waals surface area (Å²) in [7, 11) is 1.64. The Balaban J connectivity index is 1.91. The van der Waals surface area contributed by atoms with Gasteiger partial charge in [-0.15, -0.1) is 0 Å². The lowest BCUT2D eigenvalue weighted by atomic mass is 10.1. The van der Waals surface area contributed by atoms with Crippen molar-refractivity contribution in [3.8, 4) is 0 Å². The molecule has 4 nitrogen and oxygen atoms in total. The summed E-state index contributed by atoms with van der Waals surface area (Å²) < 4.78 is 10.4. The fourth-order valence-corrected chi connectivity index (χ4v) is 2.11. The van der Waals surface area contributed by atoms with Crippen LogP contribution >= 0.6 is 0 Å². The summed E-state index contributed by atoms with van der Waals surface area (Å²) in [6.45, 7) is 4.91. The molecule has 2 aliphatic heterocycles. The van der Waals surface area contributed by atoms with Crippen LogP contribution in [0.2, 0.25) is 0 Å². The van der Waals surface area contributed by atoms with Gasteiger partial charge in [0, 0.05) is 32.0 Å². The zero-order valence-electron chi connectivity index (χ0n) is 8.90. The van der Waals surface area contributed by atoms with E-state index in [1.165, 1.54) is 0 Å². The molecule has 0 aliphatic carbocycles. The van der Waals surface area contributed by atoms with Crippen LogP contribution in [0.1, 0.15) is 20.3 Å². The molecule has 0 bridgehead atoms. The summed E-state index contributed by atoms with van der Waals surface area (Å²) in [4.78, 5) is 13.5. The number of carbonyl (C=O) groups is 1. The van der Waals surface area contributed by atoms with Crippen LogP contribution in [0, 0.1) is 5.92 Å². The van der Waals surface area contributed by atoms with Gasteiger partial charge in [0.15, 0.2) is 6.29 Å². The van der Waals surface area contributed by atoms with E-state index in [2.05, 4.69) is 0 Å². The summed E-state index contributed by atoms with van der Waals surface area (Å²) in [5.74, 6) is 0.574. The van der Waals surface area contributed by atoms with E-state index in [-0.39, 0.29) is 18.3 Å². The molecule has 2 aliphatic rings. The maximum Gasteiger partial charge on any atom is 0.223 e. The van der Waals surface area contributed by atoms with Crippen LogP contribution in [0.5, 0.6) is 0 Å². The van der Waals surface area contributed by atoms with Crippen molar-refractivity contribution in [2.24, 2.45) is 5.92 Å². The first-order valence-electron chi connectivity index (χ1n) is 5.11. The maximum atomic E-state index is 11.6. The lowest BCUT2D eigenvalue weighted by Gasteiger charge is -2.20. The van der Waals surface area contributed by atoms with Crippen molar-refractivity contribution in [2.45, 2.75) is 38.7 Å². The highest BCUT2D eigenvalue weighted by Crippen LogP contribution is 2.36.